The molecule has 0 amide bonds. The summed E-state index contributed by atoms with van der Waals surface area (Å²) in [7, 11) is 0. The third-order valence-electron chi connectivity index (χ3n) is 7.97. The second kappa shape index (κ2) is 10.6. The smallest absolute Gasteiger partial charge is 0.138 e. The van der Waals surface area contributed by atoms with Crippen LogP contribution in [0.5, 0.6) is 0 Å². The lowest BCUT2D eigenvalue weighted by atomic mass is 9.71. The zero-order valence-electron chi connectivity index (χ0n) is 18.1. The number of ether oxygens (including phenoxy) is 2. The summed E-state index contributed by atoms with van der Waals surface area (Å²) in [6, 6.07) is 0. The van der Waals surface area contributed by atoms with Crippen LogP contribution >= 0.6 is 11.8 Å². The van der Waals surface area contributed by atoms with Crippen molar-refractivity contribution in [1.82, 2.24) is 0 Å². The minimum absolute atomic E-state index is 0.0751. The topological polar surface area (TPSA) is 18.5 Å². The molecule has 0 radical (unpaired) electrons. The van der Waals surface area contributed by atoms with Crippen LogP contribution in [0.4, 0.5) is 8.78 Å². The third kappa shape index (κ3) is 5.14. The standard InChI is InChI=1S/C24H40F2O2S/c1-2-3-4-7-14-27-19-12-10-17-18-11-13-20(28-15-16-8-5-6-9-16)22(26)24(18)29-23(17)21(19)25/h16-24H,2-15H2,1H3. The van der Waals surface area contributed by atoms with E-state index in [0.717, 1.165) is 45.1 Å². The molecule has 4 aliphatic rings. The Balaban J connectivity index is 1.27. The van der Waals surface area contributed by atoms with Gasteiger partial charge in [-0.3, -0.25) is 0 Å². The third-order valence-corrected chi connectivity index (χ3v) is 9.81. The highest BCUT2D eigenvalue weighted by atomic mass is 32.2. The highest BCUT2D eigenvalue weighted by Crippen LogP contribution is 2.56. The summed E-state index contributed by atoms with van der Waals surface area (Å²) < 4.78 is 42.7. The minimum Gasteiger partial charge on any atom is -0.375 e. The van der Waals surface area contributed by atoms with Crippen LogP contribution in [0.3, 0.4) is 0 Å². The highest BCUT2D eigenvalue weighted by Gasteiger charge is 2.56. The maximum absolute atomic E-state index is 15.4. The first-order valence-electron chi connectivity index (χ1n) is 12.4. The first-order valence-corrected chi connectivity index (χ1v) is 13.3. The SMILES string of the molecule is CCCCCCOC1CCC2C3CCC(OCC4CCCC4)C(F)C3SC2C1F. The molecule has 4 rings (SSSR count). The van der Waals surface area contributed by atoms with Gasteiger partial charge in [0.25, 0.3) is 0 Å². The predicted octanol–water partition coefficient (Wildman–Crippen LogP) is 6.51. The molecule has 8 unspecified atom stereocenters. The van der Waals surface area contributed by atoms with Gasteiger partial charge < -0.3 is 9.47 Å². The summed E-state index contributed by atoms with van der Waals surface area (Å²) in [5.74, 6) is 1.29. The van der Waals surface area contributed by atoms with Crippen molar-refractivity contribution in [2.75, 3.05) is 13.2 Å². The normalized spacial score (nSPS) is 42.7. The van der Waals surface area contributed by atoms with Crippen molar-refractivity contribution < 1.29 is 18.3 Å². The van der Waals surface area contributed by atoms with Crippen LogP contribution in [0.15, 0.2) is 0 Å². The van der Waals surface area contributed by atoms with E-state index in [1.807, 2.05) is 0 Å². The van der Waals surface area contributed by atoms with Crippen molar-refractivity contribution in [3.05, 3.63) is 0 Å². The molecule has 4 fully saturated rings. The van der Waals surface area contributed by atoms with Gasteiger partial charge in [0.15, 0.2) is 0 Å². The van der Waals surface area contributed by atoms with Gasteiger partial charge in [-0.15, -0.1) is 11.8 Å². The van der Waals surface area contributed by atoms with E-state index in [4.69, 9.17) is 9.47 Å². The highest BCUT2D eigenvalue weighted by molar-refractivity contribution is 8.00. The molecule has 3 saturated carbocycles. The molecule has 168 valence electrons. The minimum atomic E-state index is -0.944. The van der Waals surface area contributed by atoms with E-state index < -0.39 is 12.3 Å². The van der Waals surface area contributed by atoms with E-state index in [1.54, 1.807) is 11.8 Å². The molecule has 1 heterocycles. The number of hydrogen-bond donors (Lipinski definition) is 0. The molecule has 1 saturated heterocycles. The Hall–Kier alpha value is 0.130. The Labute approximate surface area is 180 Å². The molecule has 8 atom stereocenters. The summed E-state index contributed by atoms with van der Waals surface area (Å²) in [5.41, 5.74) is 0. The lowest BCUT2D eigenvalue weighted by Gasteiger charge is -2.39. The fraction of sp³-hybridized carbons (Fsp3) is 1.00. The maximum atomic E-state index is 15.4. The molecular formula is C24H40F2O2S. The van der Waals surface area contributed by atoms with Crippen LogP contribution < -0.4 is 0 Å². The van der Waals surface area contributed by atoms with E-state index in [-0.39, 0.29) is 22.7 Å². The van der Waals surface area contributed by atoms with E-state index in [0.29, 0.717) is 24.4 Å². The van der Waals surface area contributed by atoms with Gasteiger partial charge in [0, 0.05) is 23.7 Å². The Kier molecular flexibility index (Phi) is 8.19. The lowest BCUT2D eigenvalue weighted by Crippen LogP contribution is -2.45. The maximum Gasteiger partial charge on any atom is 0.138 e. The fourth-order valence-corrected chi connectivity index (χ4v) is 8.35. The van der Waals surface area contributed by atoms with E-state index in [1.165, 1.54) is 38.5 Å². The second-order valence-corrected chi connectivity index (χ2v) is 11.3. The van der Waals surface area contributed by atoms with Crippen LogP contribution in [0.25, 0.3) is 0 Å². The summed E-state index contributed by atoms with van der Waals surface area (Å²) >= 11 is 1.60. The molecule has 2 nitrogen and oxygen atoms in total. The Morgan fingerprint density at radius 1 is 0.759 bits per heavy atom. The van der Waals surface area contributed by atoms with Crippen LogP contribution in [-0.4, -0.2) is 48.3 Å². The summed E-state index contributed by atoms with van der Waals surface area (Å²) in [4.78, 5) is 0. The molecule has 0 aromatic carbocycles. The van der Waals surface area contributed by atoms with Gasteiger partial charge in [0.1, 0.15) is 12.3 Å². The number of alkyl halides is 2. The summed E-state index contributed by atoms with van der Waals surface area (Å²) in [5, 5.41) is -0.153. The monoisotopic (exact) mass is 430 g/mol. The Bertz CT molecular complexity index is 501. The predicted molar refractivity (Wildman–Crippen MR) is 116 cm³/mol. The van der Waals surface area contributed by atoms with Crippen molar-refractivity contribution in [2.24, 2.45) is 17.8 Å². The zero-order chi connectivity index (χ0) is 20.2. The molecule has 5 heteroatoms. The molecule has 0 aromatic rings. The average Bonchev–Trinajstić information content (AvgIpc) is 3.37. The summed E-state index contributed by atoms with van der Waals surface area (Å²) in [6.07, 6.45) is 10.9. The average molecular weight is 431 g/mol. The van der Waals surface area contributed by atoms with Gasteiger partial charge in [-0.05, 0) is 62.7 Å². The van der Waals surface area contributed by atoms with Crippen LogP contribution in [0.2, 0.25) is 0 Å². The number of thioether (sulfide) groups is 1. The van der Waals surface area contributed by atoms with Crippen molar-refractivity contribution >= 4 is 11.8 Å². The number of fused-ring (bicyclic) bond motifs is 3. The molecular weight excluding hydrogens is 390 g/mol. The molecule has 3 aliphatic carbocycles. The first kappa shape index (κ1) is 22.3. The van der Waals surface area contributed by atoms with Crippen LogP contribution in [0.1, 0.15) is 84.0 Å². The second-order valence-electron chi connectivity index (χ2n) is 9.93. The van der Waals surface area contributed by atoms with E-state index in [9.17, 15) is 0 Å². The first-order chi connectivity index (χ1) is 14.2. The van der Waals surface area contributed by atoms with Crippen molar-refractivity contribution in [3.63, 3.8) is 0 Å². The van der Waals surface area contributed by atoms with E-state index in [2.05, 4.69) is 6.92 Å². The van der Waals surface area contributed by atoms with Crippen LogP contribution in [0, 0.1) is 17.8 Å². The van der Waals surface area contributed by atoms with Crippen molar-refractivity contribution in [2.45, 2.75) is 119 Å². The lowest BCUT2D eigenvalue weighted by molar-refractivity contribution is -0.0606. The largest absolute Gasteiger partial charge is 0.375 e. The molecule has 0 bridgehead atoms. The Morgan fingerprint density at radius 2 is 1.38 bits per heavy atom. The number of rotatable bonds is 9. The summed E-state index contributed by atoms with van der Waals surface area (Å²) in [6.45, 7) is 3.58. The van der Waals surface area contributed by atoms with Gasteiger partial charge in [0.05, 0.1) is 12.2 Å². The fourth-order valence-electron chi connectivity index (χ4n) is 6.26. The van der Waals surface area contributed by atoms with Gasteiger partial charge in [0.2, 0.25) is 0 Å². The molecule has 0 aromatic heterocycles. The zero-order valence-corrected chi connectivity index (χ0v) is 18.9. The van der Waals surface area contributed by atoms with Gasteiger partial charge in [-0.1, -0.05) is 39.0 Å². The van der Waals surface area contributed by atoms with Gasteiger partial charge >= 0.3 is 0 Å². The molecule has 29 heavy (non-hydrogen) atoms. The van der Waals surface area contributed by atoms with Crippen molar-refractivity contribution in [1.29, 1.82) is 0 Å². The quantitative estimate of drug-likeness (QED) is 0.389. The van der Waals surface area contributed by atoms with Crippen LogP contribution in [-0.2, 0) is 9.47 Å². The van der Waals surface area contributed by atoms with Gasteiger partial charge in [-0.25, -0.2) is 8.78 Å². The van der Waals surface area contributed by atoms with E-state index >= 15 is 8.78 Å². The number of hydrogen-bond acceptors (Lipinski definition) is 3. The Morgan fingerprint density at radius 3 is 2.00 bits per heavy atom. The molecule has 0 N–H and O–H groups in total. The molecule has 0 spiro atoms. The van der Waals surface area contributed by atoms with Crippen molar-refractivity contribution in [3.8, 4) is 0 Å². The van der Waals surface area contributed by atoms with Gasteiger partial charge in [-0.2, -0.15) is 0 Å². The number of halogens is 2. The molecule has 1 aliphatic heterocycles. The number of unbranched alkanes of at least 4 members (excludes halogenated alkanes) is 3.